The lowest BCUT2D eigenvalue weighted by Gasteiger charge is -2.32. The first-order chi connectivity index (χ1) is 21.5. The number of morpholine rings is 1. The second-order valence-corrected chi connectivity index (χ2v) is 10.4. The van der Waals surface area contributed by atoms with Crippen molar-refractivity contribution in [3.63, 3.8) is 0 Å². The van der Waals surface area contributed by atoms with Crippen LogP contribution in [0.25, 0.3) is 0 Å². The van der Waals surface area contributed by atoms with Crippen molar-refractivity contribution < 1.29 is 28.2 Å². The molecule has 8 nitrogen and oxygen atoms in total. The highest BCUT2D eigenvalue weighted by atomic mass is 19.1. The van der Waals surface area contributed by atoms with E-state index in [2.05, 4.69) is 10.2 Å². The quantitative estimate of drug-likeness (QED) is 0.242. The van der Waals surface area contributed by atoms with E-state index < -0.39 is 17.8 Å². The Balaban J connectivity index is 1.52. The Labute approximate surface area is 257 Å². The fourth-order valence-corrected chi connectivity index (χ4v) is 5.29. The molecule has 5 rings (SSSR count). The van der Waals surface area contributed by atoms with Crippen molar-refractivity contribution in [2.45, 2.75) is 19.0 Å². The minimum atomic E-state index is -1.12. The van der Waals surface area contributed by atoms with Crippen LogP contribution in [0, 0.1) is 5.82 Å². The number of amides is 2. The van der Waals surface area contributed by atoms with Crippen LogP contribution in [-0.4, -0.2) is 57.2 Å². The Hall–Kier alpha value is -4.89. The number of rotatable bonds is 11. The summed E-state index contributed by atoms with van der Waals surface area (Å²) in [5.74, 6) is -0.370. The van der Waals surface area contributed by atoms with Gasteiger partial charge in [0.2, 0.25) is 5.91 Å². The molecule has 1 saturated heterocycles. The van der Waals surface area contributed by atoms with Gasteiger partial charge in [-0.15, -0.1) is 0 Å². The van der Waals surface area contributed by atoms with Gasteiger partial charge in [-0.1, -0.05) is 54.6 Å². The summed E-state index contributed by atoms with van der Waals surface area (Å²) >= 11 is 0. The summed E-state index contributed by atoms with van der Waals surface area (Å²) in [5.41, 5.74) is 3.16. The lowest BCUT2D eigenvalue weighted by atomic mass is 10.0. The number of methoxy groups -OCH3 is 2. The third-order valence-corrected chi connectivity index (χ3v) is 7.61. The minimum absolute atomic E-state index is 0.0284. The Bertz CT molecular complexity index is 1560. The number of ether oxygens (including phenoxy) is 3. The minimum Gasteiger partial charge on any atom is -0.493 e. The molecule has 1 heterocycles. The highest BCUT2D eigenvalue weighted by Crippen LogP contribution is 2.34. The number of hydrogen-bond acceptors (Lipinski definition) is 6. The molecular formula is C35H36FN3O5. The summed E-state index contributed by atoms with van der Waals surface area (Å²) in [6.45, 7) is 2.80. The van der Waals surface area contributed by atoms with E-state index in [1.807, 2.05) is 54.6 Å². The van der Waals surface area contributed by atoms with Gasteiger partial charge in [-0.2, -0.15) is 0 Å². The summed E-state index contributed by atoms with van der Waals surface area (Å²) in [5, 5.41) is 2.99. The van der Waals surface area contributed by atoms with Gasteiger partial charge in [-0.05, 0) is 53.6 Å². The van der Waals surface area contributed by atoms with Crippen molar-refractivity contribution in [3.8, 4) is 11.5 Å². The van der Waals surface area contributed by atoms with E-state index in [1.54, 1.807) is 36.4 Å². The highest BCUT2D eigenvalue weighted by molar-refractivity contribution is 5.98. The zero-order valence-electron chi connectivity index (χ0n) is 24.9. The Morgan fingerprint density at radius 1 is 0.886 bits per heavy atom. The van der Waals surface area contributed by atoms with E-state index in [4.69, 9.17) is 14.2 Å². The van der Waals surface area contributed by atoms with Crippen LogP contribution in [-0.2, 0) is 27.3 Å². The molecule has 0 aromatic heterocycles. The van der Waals surface area contributed by atoms with Crippen molar-refractivity contribution >= 4 is 23.2 Å². The van der Waals surface area contributed by atoms with Crippen molar-refractivity contribution in [1.29, 1.82) is 0 Å². The monoisotopic (exact) mass is 597 g/mol. The van der Waals surface area contributed by atoms with E-state index in [-0.39, 0.29) is 18.9 Å². The number of carbonyl (C=O) groups excluding carboxylic acids is 2. The van der Waals surface area contributed by atoms with Gasteiger partial charge >= 0.3 is 0 Å². The number of anilines is 2. The second-order valence-electron chi connectivity index (χ2n) is 10.4. The molecule has 228 valence electrons. The number of benzene rings is 4. The molecule has 1 unspecified atom stereocenters. The molecule has 0 bridgehead atoms. The van der Waals surface area contributed by atoms with Crippen molar-refractivity contribution in [2.24, 2.45) is 0 Å². The van der Waals surface area contributed by atoms with Crippen LogP contribution in [0.5, 0.6) is 11.5 Å². The summed E-state index contributed by atoms with van der Waals surface area (Å²) in [4.78, 5) is 31.9. The molecule has 1 aliphatic heterocycles. The molecule has 1 atom stereocenters. The molecule has 9 heteroatoms. The molecule has 1 N–H and O–H groups in total. The van der Waals surface area contributed by atoms with Crippen LogP contribution in [0.4, 0.5) is 15.8 Å². The summed E-state index contributed by atoms with van der Waals surface area (Å²) in [7, 11) is 3.03. The van der Waals surface area contributed by atoms with E-state index in [0.29, 0.717) is 41.5 Å². The highest BCUT2D eigenvalue weighted by Gasteiger charge is 2.33. The normalized spacial score (nSPS) is 13.6. The van der Waals surface area contributed by atoms with Gasteiger partial charge < -0.3 is 29.3 Å². The van der Waals surface area contributed by atoms with Crippen LogP contribution in [0.15, 0.2) is 97.1 Å². The molecule has 2 amide bonds. The number of hydrogen-bond donors (Lipinski definition) is 1. The lowest BCUT2D eigenvalue weighted by Crippen LogP contribution is -2.42. The maximum absolute atomic E-state index is 15.0. The molecular weight excluding hydrogens is 561 g/mol. The zero-order chi connectivity index (χ0) is 30.9. The van der Waals surface area contributed by atoms with Gasteiger partial charge in [-0.25, -0.2) is 4.39 Å². The topological polar surface area (TPSA) is 80.3 Å². The third-order valence-electron chi connectivity index (χ3n) is 7.61. The SMILES string of the molecule is COc1ccc(C(C(=O)Nc2ccc(N3CCOCC3)cc2)N(Cc2ccccc2F)C(=O)Cc2ccccc2)cc1OC. The zero-order valence-corrected chi connectivity index (χ0v) is 24.9. The first kappa shape index (κ1) is 30.6. The molecule has 44 heavy (non-hydrogen) atoms. The van der Waals surface area contributed by atoms with Crippen LogP contribution < -0.4 is 19.7 Å². The van der Waals surface area contributed by atoms with E-state index in [1.165, 1.54) is 25.2 Å². The number of carbonyl (C=O) groups is 2. The maximum Gasteiger partial charge on any atom is 0.251 e. The van der Waals surface area contributed by atoms with E-state index >= 15 is 0 Å². The summed E-state index contributed by atoms with van der Waals surface area (Å²) in [6, 6.07) is 27.1. The molecule has 0 saturated carbocycles. The van der Waals surface area contributed by atoms with Gasteiger partial charge in [-0.3, -0.25) is 9.59 Å². The van der Waals surface area contributed by atoms with Gasteiger partial charge in [0.25, 0.3) is 5.91 Å². The number of nitrogens with one attached hydrogen (secondary N) is 1. The van der Waals surface area contributed by atoms with Crippen molar-refractivity contribution in [3.05, 3.63) is 120 Å². The van der Waals surface area contributed by atoms with Crippen LogP contribution >= 0.6 is 0 Å². The summed E-state index contributed by atoms with van der Waals surface area (Å²) in [6.07, 6.45) is 0.0284. The fraction of sp³-hybridized carbons (Fsp3) is 0.257. The van der Waals surface area contributed by atoms with Gasteiger partial charge in [0.15, 0.2) is 11.5 Å². The average Bonchev–Trinajstić information content (AvgIpc) is 3.06. The van der Waals surface area contributed by atoms with E-state index in [0.717, 1.165) is 24.3 Å². The standard InChI is InChI=1S/C35H36FN3O5/c1-42-31-17-12-26(23-32(31)43-2)34(35(41)37-28-13-15-29(16-14-28)38-18-20-44-21-19-38)39(24-27-10-6-7-11-30(27)36)33(40)22-25-8-4-3-5-9-25/h3-17,23,34H,18-22,24H2,1-2H3,(H,37,41). The maximum atomic E-state index is 15.0. The lowest BCUT2D eigenvalue weighted by molar-refractivity contribution is -0.139. The Morgan fingerprint density at radius 2 is 1.57 bits per heavy atom. The second kappa shape index (κ2) is 14.5. The third kappa shape index (κ3) is 7.36. The number of nitrogens with zero attached hydrogens (tertiary/aromatic N) is 2. The number of halogens is 1. The Kier molecular flexibility index (Phi) is 10.1. The molecule has 1 fully saturated rings. The predicted octanol–water partition coefficient (Wildman–Crippen LogP) is 5.63. The smallest absolute Gasteiger partial charge is 0.251 e. The molecule has 1 aliphatic rings. The molecule has 4 aromatic rings. The molecule has 4 aromatic carbocycles. The van der Waals surface area contributed by atoms with Crippen LogP contribution in [0.2, 0.25) is 0 Å². The molecule has 0 radical (unpaired) electrons. The van der Waals surface area contributed by atoms with Crippen molar-refractivity contribution in [2.75, 3.05) is 50.7 Å². The summed E-state index contributed by atoms with van der Waals surface area (Å²) < 4.78 is 31.4. The first-order valence-electron chi connectivity index (χ1n) is 14.5. The van der Waals surface area contributed by atoms with Gasteiger partial charge in [0.1, 0.15) is 11.9 Å². The predicted molar refractivity (Wildman–Crippen MR) is 167 cm³/mol. The van der Waals surface area contributed by atoms with E-state index in [9.17, 15) is 14.0 Å². The average molecular weight is 598 g/mol. The van der Waals surface area contributed by atoms with Crippen LogP contribution in [0.1, 0.15) is 22.7 Å². The fourth-order valence-electron chi connectivity index (χ4n) is 5.29. The van der Waals surface area contributed by atoms with Crippen LogP contribution in [0.3, 0.4) is 0 Å². The molecule has 0 spiro atoms. The first-order valence-corrected chi connectivity index (χ1v) is 14.5. The van der Waals surface area contributed by atoms with Gasteiger partial charge in [0.05, 0.1) is 33.9 Å². The van der Waals surface area contributed by atoms with Crippen molar-refractivity contribution in [1.82, 2.24) is 4.90 Å². The largest absolute Gasteiger partial charge is 0.493 e. The molecule has 0 aliphatic carbocycles. The van der Waals surface area contributed by atoms with Gasteiger partial charge in [0, 0.05) is 36.6 Å². The Morgan fingerprint density at radius 3 is 2.25 bits per heavy atom.